The van der Waals surface area contributed by atoms with Crippen LogP contribution < -0.4 is 5.32 Å². The van der Waals surface area contributed by atoms with Gasteiger partial charge >= 0.3 is 0 Å². The Morgan fingerprint density at radius 2 is 2.15 bits per heavy atom. The Bertz CT molecular complexity index is 807. The van der Waals surface area contributed by atoms with Crippen LogP contribution in [0, 0.1) is 0 Å². The van der Waals surface area contributed by atoms with Gasteiger partial charge in [0.25, 0.3) is 5.91 Å². The largest absolute Gasteiger partial charge is 0.373 e. The molecular weight excluding hydrogens is 340 g/mol. The maximum atomic E-state index is 12.8. The number of carbonyl (C=O) groups excluding carboxylic acids is 1. The number of nitrogens with one attached hydrogen (secondary N) is 1. The quantitative estimate of drug-likeness (QED) is 0.895. The van der Waals surface area contributed by atoms with Crippen LogP contribution in [0.2, 0.25) is 0 Å². The van der Waals surface area contributed by atoms with Crippen LogP contribution in [0.3, 0.4) is 0 Å². The van der Waals surface area contributed by atoms with Gasteiger partial charge in [0.1, 0.15) is 17.3 Å². The maximum Gasteiger partial charge on any atom is 0.272 e. The molecule has 7 nitrogen and oxygen atoms in total. The lowest BCUT2D eigenvalue weighted by Crippen LogP contribution is -2.40. The van der Waals surface area contributed by atoms with E-state index < -0.39 is 0 Å². The van der Waals surface area contributed by atoms with Crippen molar-refractivity contribution in [1.29, 1.82) is 0 Å². The number of anilines is 1. The fourth-order valence-electron chi connectivity index (χ4n) is 3.98. The third-order valence-corrected chi connectivity index (χ3v) is 5.46. The first-order valence-corrected chi connectivity index (χ1v) is 9.62. The number of likely N-dealkylation sites (tertiary alicyclic amines) is 1. The van der Waals surface area contributed by atoms with Crippen LogP contribution in [0.15, 0.2) is 24.4 Å². The third kappa shape index (κ3) is 3.64. The van der Waals surface area contributed by atoms with E-state index in [1.807, 2.05) is 24.1 Å². The van der Waals surface area contributed by atoms with Crippen molar-refractivity contribution in [2.75, 3.05) is 39.0 Å². The van der Waals surface area contributed by atoms with Crippen LogP contribution in [0.5, 0.6) is 0 Å². The average Bonchev–Trinajstić information content (AvgIpc) is 2.73. The fraction of sp³-hybridized carbons (Fsp3) is 0.500. The van der Waals surface area contributed by atoms with Crippen molar-refractivity contribution in [2.24, 2.45) is 0 Å². The first kappa shape index (κ1) is 17.9. The number of pyridine rings is 1. The molecule has 1 fully saturated rings. The number of rotatable bonds is 3. The van der Waals surface area contributed by atoms with Crippen molar-refractivity contribution in [3.05, 3.63) is 47.2 Å². The van der Waals surface area contributed by atoms with Gasteiger partial charge in [-0.25, -0.2) is 9.97 Å². The molecule has 1 N–H and O–H groups in total. The normalized spacial score (nSPS) is 20.2. The van der Waals surface area contributed by atoms with E-state index in [1.54, 1.807) is 12.3 Å². The lowest BCUT2D eigenvalue weighted by Gasteiger charge is -2.33. The van der Waals surface area contributed by atoms with Gasteiger partial charge < -0.3 is 15.1 Å². The zero-order chi connectivity index (χ0) is 18.8. The van der Waals surface area contributed by atoms with Gasteiger partial charge in [-0.2, -0.15) is 0 Å². The van der Waals surface area contributed by atoms with Crippen molar-refractivity contribution in [1.82, 2.24) is 24.8 Å². The molecule has 0 bridgehead atoms. The zero-order valence-corrected chi connectivity index (χ0v) is 16.0. The van der Waals surface area contributed by atoms with E-state index in [2.05, 4.69) is 22.2 Å². The van der Waals surface area contributed by atoms with E-state index in [1.165, 1.54) is 5.56 Å². The first-order valence-electron chi connectivity index (χ1n) is 9.62. The summed E-state index contributed by atoms with van der Waals surface area (Å²) in [4.78, 5) is 30.9. The smallest absolute Gasteiger partial charge is 0.272 e. The van der Waals surface area contributed by atoms with E-state index in [0.29, 0.717) is 12.2 Å². The van der Waals surface area contributed by atoms with Gasteiger partial charge in [0, 0.05) is 57.3 Å². The van der Waals surface area contributed by atoms with Crippen molar-refractivity contribution >= 4 is 11.7 Å². The van der Waals surface area contributed by atoms with Crippen molar-refractivity contribution in [3.8, 4) is 0 Å². The standard InChI is InChI=1S/C20H26N6O/c1-21-19-15-13-25(2)11-8-16(15)23-18(24-19)14-6-5-10-26(12-14)20(27)17-7-3-4-9-22-17/h3-4,7,9,14H,5-6,8,10-13H2,1-2H3,(H,21,23,24)/t14-/m1/s1. The molecule has 2 aromatic heterocycles. The van der Waals surface area contributed by atoms with Gasteiger partial charge in [0.2, 0.25) is 0 Å². The lowest BCUT2D eigenvalue weighted by molar-refractivity contribution is 0.0698. The van der Waals surface area contributed by atoms with E-state index in [0.717, 1.165) is 56.2 Å². The molecule has 1 amide bonds. The predicted octanol–water partition coefficient (Wildman–Crippen LogP) is 1.92. The van der Waals surface area contributed by atoms with E-state index in [4.69, 9.17) is 9.97 Å². The molecule has 27 heavy (non-hydrogen) atoms. The molecule has 4 rings (SSSR count). The molecular formula is C20H26N6O. The number of fused-ring (bicyclic) bond motifs is 1. The highest BCUT2D eigenvalue weighted by Crippen LogP contribution is 2.29. The number of carbonyl (C=O) groups is 1. The number of hydrogen-bond donors (Lipinski definition) is 1. The molecule has 0 aromatic carbocycles. The summed E-state index contributed by atoms with van der Waals surface area (Å²) in [5.41, 5.74) is 2.85. The highest BCUT2D eigenvalue weighted by Gasteiger charge is 2.29. The van der Waals surface area contributed by atoms with Gasteiger partial charge in [-0.15, -0.1) is 0 Å². The van der Waals surface area contributed by atoms with Crippen molar-refractivity contribution in [3.63, 3.8) is 0 Å². The second kappa shape index (κ2) is 7.60. The fourth-order valence-corrected chi connectivity index (χ4v) is 3.98. The molecule has 4 heterocycles. The summed E-state index contributed by atoms with van der Waals surface area (Å²) in [7, 11) is 4.04. The number of piperidine rings is 1. The minimum absolute atomic E-state index is 0.00581. The SMILES string of the molecule is CNc1nc([C@@H]2CCCN(C(=O)c3ccccn3)C2)nc2c1CN(C)CC2. The maximum absolute atomic E-state index is 12.8. The van der Waals surface area contributed by atoms with Crippen molar-refractivity contribution in [2.45, 2.75) is 31.7 Å². The monoisotopic (exact) mass is 366 g/mol. The number of likely N-dealkylation sites (N-methyl/N-ethyl adjacent to an activating group) is 1. The summed E-state index contributed by atoms with van der Waals surface area (Å²) in [5.74, 6) is 1.95. The number of hydrogen-bond acceptors (Lipinski definition) is 6. The van der Waals surface area contributed by atoms with Crippen LogP contribution in [0.25, 0.3) is 0 Å². The lowest BCUT2D eigenvalue weighted by atomic mass is 9.96. The van der Waals surface area contributed by atoms with Gasteiger partial charge in [0.15, 0.2) is 0 Å². The van der Waals surface area contributed by atoms with E-state index >= 15 is 0 Å². The Kier molecular flexibility index (Phi) is 5.03. The minimum atomic E-state index is -0.00581. The molecule has 2 aromatic rings. The molecule has 1 saturated heterocycles. The number of amides is 1. The molecule has 7 heteroatoms. The summed E-state index contributed by atoms with van der Waals surface area (Å²) < 4.78 is 0. The Morgan fingerprint density at radius 1 is 1.26 bits per heavy atom. The summed E-state index contributed by atoms with van der Waals surface area (Å²) in [6.07, 6.45) is 4.58. The zero-order valence-electron chi connectivity index (χ0n) is 16.0. The molecule has 0 spiro atoms. The molecule has 0 saturated carbocycles. The van der Waals surface area contributed by atoms with Gasteiger partial charge in [0.05, 0.1) is 5.69 Å². The topological polar surface area (TPSA) is 74.2 Å². The second-order valence-electron chi connectivity index (χ2n) is 7.40. The highest BCUT2D eigenvalue weighted by atomic mass is 16.2. The Morgan fingerprint density at radius 3 is 2.93 bits per heavy atom. The molecule has 1 atom stereocenters. The first-order chi connectivity index (χ1) is 13.2. The second-order valence-corrected chi connectivity index (χ2v) is 7.40. The van der Waals surface area contributed by atoms with E-state index in [-0.39, 0.29) is 11.8 Å². The molecule has 0 aliphatic carbocycles. The van der Waals surface area contributed by atoms with Crippen LogP contribution in [0.1, 0.15) is 46.3 Å². The number of aromatic nitrogens is 3. The average molecular weight is 366 g/mol. The summed E-state index contributed by atoms with van der Waals surface area (Å²) in [6, 6.07) is 5.45. The van der Waals surface area contributed by atoms with Crippen LogP contribution in [-0.2, 0) is 13.0 Å². The van der Waals surface area contributed by atoms with Crippen LogP contribution in [0.4, 0.5) is 5.82 Å². The number of nitrogens with zero attached hydrogens (tertiary/aromatic N) is 5. The Balaban J connectivity index is 1.57. The summed E-state index contributed by atoms with van der Waals surface area (Å²) >= 11 is 0. The third-order valence-electron chi connectivity index (χ3n) is 5.46. The Hall–Kier alpha value is -2.54. The Labute approximate surface area is 159 Å². The summed E-state index contributed by atoms with van der Waals surface area (Å²) in [5, 5.41) is 3.25. The van der Waals surface area contributed by atoms with Crippen molar-refractivity contribution < 1.29 is 4.79 Å². The molecule has 2 aliphatic heterocycles. The van der Waals surface area contributed by atoms with Gasteiger partial charge in [-0.1, -0.05) is 6.07 Å². The molecule has 142 valence electrons. The molecule has 2 aliphatic rings. The highest BCUT2D eigenvalue weighted by molar-refractivity contribution is 5.92. The summed E-state index contributed by atoms with van der Waals surface area (Å²) in [6.45, 7) is 3.31. The predicted molar refractivity (Wildman–Crippen MR) is 104 cm³/mol. The van der Waals surface area contributed by atoms with Crippen LogP contribution in [-0.4, -0.2) is 64.4 Å². The van der Waals surface area contributed by atoms with Gasteiger partial charge in [-0.05, 0) is 32.0 Å². The van der Waals surface area contributed by atoms with Gasteiger partial charge in [-0.3, -0.25) is 9.78 Å². The molecule has 0 unspecified atom stereocenters. The van der Waals surface area contributed by atoms with E-state index in [9.17, 15) is 4.79 Å². The van der Waals surface area contributed by atoms with Crippen LogP contribution >= 0.6 is 0 Å². The molecule has 0 radical (unpaired) electrons. The minimum Gasteiger partial charge on any atom is -0.373 e.